The average molecular weight is 227 g/mol. The average Bonchev–Trinajstić information content (AvgIpc) is 2.18. The zero-order valence-electron chi connectivity index (χ0n) is 8.74. The lowest BCUT2D eigenvalue weighted by Crippen LogP contribution is -2.44. The number of halogens is 1. The summed E-state index contributed by atoms with van der Waals surface area (Å²) in [5.74, 6) is 0. The fourth-order valence-corrected chi connectivity index (χ4v) is 1.91. The van der Waals surface area contributed by atoms with Gasteiger partial charge in [0, 0.05) is 32.1 Å². The highest BCUT2D eigenvalue weighted by Gasteiger charge is 2.28. The van der Waals surface area contributed by atoms with Gasteiger partial charge in [0.15, 0.2) is 0 Å². The topological polar surface area (TPSA) is 34.1 Å². The summed E-state index contributed by atoms with van der Waals surface area (Å²) in [5, 5.41) is 4.18. The van der Waals surface area contributed by atoms with Crippen molar-refractivity contribution in [3.05, 3.63) is 29.0 Å². The van der Waals surface area contributed by atoms with E-state index in [0.29, 0.717) is 12.1 Å². The van der Waals surface area contributed by atoms with Crippen LogP contribution in [0.5, 0.6) is 0 Å². The van der Waals surface area contributed by atoms with Crippen molar-refractivity contribution in [2.75, 3.05) is 7.11 Å². The third kappa shape index (κ3) is 2.68. The molecule has 0 atom stereocenters. The fourth-order valence-electron chi connectivity index (χ4n) is 1.73. The molecular formula is C11H15ClN2O. The quantitative estimate of drug-likeness (QED) is 0.853. The van der Waals surface area contributed by atoms with Gasteiger partial charge in [0.2, 0.25) is 0 Å². The van der Waals surface area contributed by atoms with Gasteiger partial charge >= 0.3 is 0 Å². The van der Waals surface area contributed by atoms with Crippen LogP contribution in [0.25, 0.3) is 0 Å². The number of ether oxygens (including phenoxy) is 1. The number of aromatic nitrogens is 1. The largest absolute Gasteiger partial charge is 0.381 e. The number of hydrogen-bond acceptors (Lipinski definition) is 3. The van der Waals surface area contributed by atoms with Crippen LogP contribution in [-0.2, 0) is 11.3 Å². The maximum absolute atomic E-state index is 6.00. The van der Waals surface area contributed by atoms with Crippen molar-refractivity contribution in [3.63, 3.8) is 0 Å². The number of nitrogens with zero attached hydrogens (tertiary/aromatic N) is 1. The second-order valence-electron chi connectivity index (χ2n) is 3.87. The molecular weight excluding hydrogens is 212 g/mol. The molecule has 1 aliphatic rings. The Bertz CT molecular complexity index is 326. The SMILES string of the molecule is COC1CC(NCc2ccncc2Cl)C1. The lowest BCUT2D eigenvalue weighted by Gasteiger charge is -2.34. The Morgan fingerprint density at radius 2 is 2.40 bits per heavy atom. The normalized spacial score (nSPS) is 24.9. The maximum Gasteiger partial charge on any atom is 0.0634 e. The Hall–Kier alpha value is -0.640. The predicted molar refractivity (Wildman–Crippen MR) is 59.9 cm³/mol. The zero-order valence-corrected chi connectivity index (χ0v) is 9.50. The van der Waals surface area contributed by atoms with Crippen molar-refractivity contribution < 1.29 is 4.74 Å². The van der Waals surface area contributed by atoms with Gasteiger partial charge in [0.25, 0.3) is 0 Å². The first-order valence-corrected chi connectivity index (χ1v) is 5.52. The van der Waals surface area contributed by atoms with Crippen LogP contribution in [0.3, 0.4) is 0 Å². The number of methoxy groups -OCH3 is 1. The van der Waals surface area contributed by atoms with Crippen molar-refractivity contribution in [1.82, 2.24) is 10.3 Å². The first-order chi connectivity index (χ1) is 7.29. The van der Waals surface area contributed by atoms with Crippen LogP contribution in [-0.4, -0.2) is 24.2 Å². The first-order valence-electron chi connectivity index (χ1n) is 5.14. The Balaban J connectivity index is 1.77. The lowest BCUT2D eigenvalue weighted by molar-refractivity contribution is 0.0170. The molecule has 1 saturated carbocycles. The number of nitrogens with one attached hydrogen (secondary N) is 1. The zero-order chi connectivity index (χ0) is 10.7. The van der Waals surface area contributed by atoms with E-state index in [4.69, 9.17) is 16.3 Å². The van der Waals surface area contributed by atoms with E-state index in [1.54, 1.807) is 19.5 Å². The number of hydrogen-bond donors (Lipinski definition) is 1. The standard InChI is InChI=1S/C11H15ClN2O/c1-15-10-4-9(5-10)14-6-8-2-3-13-7-11(8)12/h2-3,7,9-10,14H,4-6H2,1H3. The van der Waals surface area contributed by atoms with Crippen LogP contribution in [0, 0.1) is 0 Å². The van der Waals surface area contributed by atoms with E-state index < -0.39 is 0 Å². The summed E-state index contributed by atoms with van der Waals surface area (Å²) in [4.78, 5) is 3.95. The third-order valence-electron chi connectivity index (χ3n) is 2.87. The van der Waals surface area contributed by atoms with Gasteiger partial charge in [0.05, 0.1) is 11.1 Å². The highest BCUT2D eigenvalue weighted by atomic mass is 35.5. The molecule has 0 aromatic carbocycles. The van der Waals surface area contributed by atoms with Gasteiger partial charge in [-0.25, -0.2) is 0 Å². The minimum atomic E-state index is 0.440. The van der Waals surface area contributed by atoms with Crippen molar-refractivity contribution in [2.24, 2.45) is 0 Å². The Morgan fingerprint density at radius 3 is 3.07 bits per heavy atom. The second kappa shape index (κ2) is 4.92. The van der Waals surface area contributed by atoms with Gasteiger partial charge in [-0.1, -0.05) is 11.6 Å². The van der Waals surface area contributed by atoms with Gasteiger partial charge in [-0.05, 0) is 24.5 Å². The van der Waals surface area contributed by atoms with Gasteiger partial charge < -0.3 is 10.1 Å². The summed E-state index contributed by atoms with van der Waals surface area (Å²) in [6, 6.07) is 2.51. The van der Waals surface area contributed by atoms with Crippen molar-refractivity contribution in [1.29, 1.82) is 0 Å². The Kier molecular flexibility index (Phi) is 3.57. The van der Waals surface area contributed by atoms with Gasteiger partial charge in [0.1, 0.15) is 0 Å². The third-order valence-corrected chi connectivity index (χ3v) is 3.21. The predicted octanol–water partition coefficient (Wildman–Crippen LogP) is 2.00. The molecule has 0 aliphatic heterocycles. The Morgan fingerprint density at radius 1 is 1.60 bits per heavy atom. The number of pyridine rings is 1. The molecule has 1 fully saturated rings. The molecule has 1 heterocycles. The summed E-state index contributed by atoms with van der Waals surface area (Å²) in [6.07, 6.45) is 6.08. The summed E-state index contributed by atoms with van der Waals surface area (Å²) in [5.41, 5.74) is 1.10. The molecule has 0 bridgehead atoms. The first kappa shape index (κ1) is 10.9. The Labute approximate surface area is 94.8 Å². The molecule has 0 saturated heterocycles. The van der Waals surface area contributed by atoms with Crippen LogP contribution in [0.2, 0.25) is 5.02 Å². The van der Waals surface area contributed by atoms with Crippen LogP contribution in [0.15, 0.2) is 18.5 Å². The van der Waals surface area contributed by atoms with E-state index in [2.05, 4.69) is 10.3 Å². The number of rotatable bonds is 4. The maximum atomic E-state index is 6.00. The molecule has 82 valence electrons. The molecule has 0 radical (unpaired) electrons. The molecule has 15 heavy (non-hydrogen) atoms. The van der Waals surface area contributed by atoms with Crippen LogP contribution in [0.4, 0.5) is 0 Å². The highest BCUT2D eigenvalue weighted by molar-refractivity contribution is 6.31. The summed E-state index contributed by atoms with van der Waals surface area (Å²) in [6.45, 7) is 0.808. The molecule has 1 N–H and O–H groups in total. The van der Waals surface area contributed by atoms with Gasteiger partial charge in [-0.15, -0.1) is 0 Å². The van der Waals surface area contributed by atoms with Crippen molar-refractivity contribution in [3.8, 4) is 0 Å². The molecule has 1 aromatic rings. The highest BCUT2D eigenvalue weighted by Crippen LogP contribution is 2.23. The van der Waals surface area contributed by atoms with E-state index in [1.165, 1.54) is 0 Å². The molecule has 4 heteroatoms. The minimum absolute atomic E-state index is 0.440. The smallest absolute Gasteiger partial charge is 0.0634 e. The summed E-state index contributed by atoms with van der Waals surface area (Å²) in [7, 11) is 1.76. The summed E-state index contributed by atoms with van der Waals surface area (Å²) >= 11 is 6.00. The fraction of sp³-hybridized carbons (Fsp3) is 0.545. The monoisotopic (exact) mass is 226 g/mol. The van der Waals surface area contributed by atoms with Crippen LogP contribution >= 0.6 is 11.6 Å². The minimum Gasteiger partial charge on any atom is -0.381 e. The van der Waals surface area contributed by atoms with E-state index in [0.717, 1.165) is 30.0 Å². The molecule has 2 rings (SSSR count). The molecule has 1 aliphatic carbocycles. The van der Waals surface area contributed by atoms with E-state index in [-0.39, 0.29) is 0 Å². The second-order valence-corrected chi connectivity index (χ2v) is 4.28. The van der Waals surface area contributed by atoms with E-state index in [9.17, 15) is 0 Å². The lowest BCUT2D eigenvalue weighted by atomic mass is 9.89. The molecule has 0 unspecified atom stereocenters. The van der Waals surface area contributed by atoms with E-state index in [1.807, 2.05) is 6.07 Å². The molecule has 0 spiro atoms. The van der Waals surface area contributed by atoms with Crippen molar-refractivity contribution in [2.45, 2.75) is 31.5 Å². The molecule has 1 aromatic heterocycles. The van der Waals surface area contributed by atoms with E-state index >= 15 is 0 Å². The molecule has 3 nitrogen and oxygen atoms in total. The van der Waals surface area contributed by atoms with Crippen LogP contribution < -0.4 is 5.32 Å². The van der Waals surface area contributed by atoms with Gasteiger partial charge in [-0.2, -0.15) is 0 Å². The summed E-state index contributed by atoms with van der Waals surface area (Å²) < 4.78 is 5.22. The van der Waals surface area contributed by atoms with Crippen LogP contribution in [0.1, 0.15) is 18.4 Å². The van der Waals surface area contributed by atoms with Gasteiger partial charge in [-0.3, -0.25) is 4.98 Å². The molecule has 0 amide bonds. The van der Waals surface area contributed by atoms with Crippen molar-refractivity contribution >= 4 is 11.6 Å².